The number of oxazole rings is 1. The fourth-order valence-corrected chi connectivity index (χ4v) is 2.51. The second kappa shape index (κ2) is 8.71. The number of rotatable bonds is 8. The highest BCUT2D eigenvalue weighted by Crippen LogP contribution is 2.23. The molecule has 0 aliphatic rings. The van der Waals surface area contributed by atoms with E-state index in [0.717, 1.165) is 5.56 Å². The van der Waals surface area contributed by atoms with Gasteiger partial charge < -0.3 is 14.8 Å². The Morgan fingerprint density at radius 2 is 1.96 bits per heavy atom. The van der Waals surface area contributed by atoms with Crippen molar-refractivity contribution in [2.24, 2.45) is 0 Å². The van der Waals surface area contributed by atoms with E-state index in [1.165, 1.54) is 5.56 Å². The number of aliphatic carboxylic acids is 1. The van der Waals surface area contributed by atoms with Gasteiger partial charge in [0.2, 0.25) is 5.91 Å². The van der Waals surface area contributed by atoms with Crippen molar-refractivity contribution in [3.63, 3.8) is 0 Å². The Hall–Kier alpha value is -2.28. The molecule has 0 aliphatic heterocycles. The zero-order chi connectivity index (χ0) is 18.4. The fourth-order valence-electron chi connectivity index (χ4n) is 2.26. The minimum Gasteiger partial charge on any atom is -0.480 e. The van der Waals surface area contributed by atoms with Gasteiger partial charge in [-0.25, -0.2) is 9.78 Å². The molecule has 0 radical (unpaired) electrons. The molecule has 1 amide bonds. The molecule has 0 bridgehead atoms. The molecule has 0 spiro atoms. The van der Waals surface area contributed by atoms with E-state index >= 15 is 0 Å². The van der Waals surface area contributed by atoms with Crippen LogP contribution in [0.4, 0.5) is 0 Å². The van der Waals surface area contributed by atoms with Gasteiger partial charge in [0.05, 0.1) is 6.20 Å². The number of aryl methyl sites for hydroxylation is 1. The Bertz CT molecular complexity index is 725. The van der Waals surface area contributed by atoms with Crippen molar-refractivity contribution in [3.8, 4) is 11.3 Å². The highest BCUT2D eigenvalue weighted by molar-refractivity contribution is 7.80. The van der Waals surface area contributed by atoms with Crippen molar-refractivity contribution in [3.05, 3.63) is 41.9 Å². The van der Waals surface area contributed by atoms with E-state index in [-0.39, 0.29) is 18.1 Å². The maximum Gasteiger partial charge on any atom is 0.327 e. The SMILES string of the molecule is CC(C)c1ccc(-c2cnc(CCC(=O)NC(CS)C(=O)O)o2)cc1. The molecule has 0 fully saturated rings. The molecule has 2 N–H and O–H groups in total. The van der Waals surface area contributed by atoms with E-state index in [1.807, 2.05) is 12.1 Å². The zero-order valence-corrected chi connectivity index (χ0v) is 15.1. The lowest BCUT2D eigenvalue weighted by Crippen LogP contribution is -2.42. The lowest BCUT2D eigenvalue weighted by Gasteiger charge is -2.10. The van der Waals surface area contributed by atoms with Gasteiger partial charge in [-0.2, -0.15) is 12.6 Å². The van der Waals surface area contributed by atoms with Crippen LogP contribution >= 0.6 is 12.6 Å². The Balaban J connectivity index is 1.93. The minimum absolute atomic E-state index is 0.0383. The number of carbonyl (C=O) groups is 2. The van der Waals surface area contributed by atoms with Gasteiger partial charge in [0, 0.05) is 24.2 Å². The van der Waals surface area contributed by atoms with Gasteiger partial charge in [0.25, 0.3) is 0 Å². The number of nitrogens with zero attached hydrogens (tertiary/aromatic N) is 1. The summed E-state index contributed by atoms with van der Waals surface area (Å²) < 4.78 is 5.68. The van der Waals surface area contributed by atoms with E-state index in [0.29, 0.717) is 24.0 Å². The molecule has 1 aromatic heterocycles. The van der Waals surface area contributed by atoms with Crippen molar-refractivity contribution >= 4 is 24.5 Å². The minimum atomic E-state index is -1.10. The maximum absolute atomic E-state index is 11.8. The molecule has 0 saturated heterocycles. The summed E-state index contributed by atoms with van der Waals surface area (Å²) >= 11 is 3.90. The van der Waals surface area contributed by atoms with E-state index in [1.54, 1.807) is 6.20 Å². The molecule has 1 aromatic carbocycles. The van der Waals surface area contributed by atoms with Crippen LogP contribution in [-0.4, -0.2) is 33.8 Å². The van der Waals surface area contributed by atoms with Crippen LogP contribution in [0.15, 0.2) is 34.9 Å². The third kappa shape index (κ3) is 5.35. The van der Waals surface area contributed by atoms with Crippen molar-refractivity contribution < 1.29 is 19.1 Å². The standard InChI is InChI=1S/C18H22N2O4S/c1-11(2)12-3-5-13(6-4-12)15-9-19-17(24-15)8-7-16(21)20-14(10-25)18(22)23/h3-6,9,11,14,25H,7-8,10H2,1-2H3,(H,20,21)(H,22,23). The normalized spacial score (nSPS) is 12.2. The third-order valence-electron chi connectivity index (χ3n) is 3.80. The number of nitrogens with one attached hydrogen (secondary N) is 1. The maximum atomic E-state index is 11.8. The summed E-state index contributed by atoms with van der Waals surface area (Å²) in [4.78, 5) is 26.8. The number of carboxylic acid groups (broad SMARTS) is 1. The number of amides is 1. The van der Waals surface area contributed by atoms with Crippen LogP contribution in [0.3, 0.4) is 0 Å². The van der Waals surface area contributed by atoms with Crippen LogP contribution < -0.4 is 5.32 Å². The number of thiol groups is 1. The van der Waals surface area contributed by atoms with Crippen LogP contribution in [0.1, 0.15) is 37.6 Å². The van der Waals surface area contributed by atoms with Crippen molar-refractivity contribution in [2.75, 3.05) is 5.75 Å². The predicted molar refractivity (Wildman–Crippen MR) is 97.8 cm³/mol. The molecule has 1 heterocycles. The Morgan fingerprint density at radius 1 is 1.28 bits per heavy atom. The lowest BCUT2D eigenvalue weighted by molar-refractivity contribution is -0.141. The van der Waals surface area contributed by atoms with E-state index < -0.39 is 12.0 Å². The summed E-state index contributed by atoms with van der Waals surface area (Å²) in [6.07, 6.45) is 2.03. The Morgan fingerprint density at radius 3 is 2.52 bits per heavy atom. The zero-order valence-electron chi connectivity index (χ0n) is 14.2. The van der Waals surface area contributed by atoms with Crippen LogP contribution in [0, 0.1) is 0 Å². The quantitative estimate of drug-likeness (QED) is 0.628. The van der Waals surface area contributed by atoms with E-state index in [2.05, 4.69) is 48.9 Å². The molecule has 7 heteroatoms. The average Bonchev–Trinajstić information content (AvgIpc) is 3.06. The molecule has 2 aromatic rings. The van der Waals surface area contributed by atoms with Gasteiger partial charge in [-0.1, -0.05) is 38.1 Å². The third-order valence-corrected chi connectivity index (χ3v) is 4.16. The van der Waals surface area contributed by atoms with Gasteiger partial charge in [0.15, 0.2) is 11.7 Å². The van der Waals surface area contributed by atoms with Crippen LogP contribution in [0.5, 0.6) is 0 Å². The van der Waals surface area contributed by atoms with Crippen molar-refractivity contribution in [2.45, 2.75) is 38.6 Å². The summed E-state index contributed by atoms with van der Waals surface area (Å²) in [6, 6.07) is 7.08. The Kier molecular flexibility index (Phi) is 6.64. The summed E-state index contributed by atoms with van der Waals surface area (Å²) in [7, 11) is 0. The summed E-state index contributed by atoms with van der Waals surface area (Å²) in [6.45, 7) is 4.27. The number of hydrogen-bond acceptors (Lipinski definition) is 5. The summed E-state index contributed by atoms with van der Waals surface area (Å²) in [5.74, 6) is 0.107. The molecule has 1 atom stereocenters. The van der Waals surface area contributed by atoms with Crippen molar-refractivity contribution in [1.82, 2.24) is 10.3 Å². The van der Waals surface area contributed by atoms with Gasteiger partial charge in [0.1, 0.15) is 6.04 Å². The van der Waals surface area contributed by atoms with E-state index in [4.69, 9.17) is 9.52 Å². The molecule has 134 valence electrons. The molecule has 0 aliphatic carbocycles. The van der Waals surface area contributed by atoms with Gasteiger partial charge >= 0.3 is 5.97 Å². The Labute approximate surface area is 152 Å². The van der Waals surface area contributed by atoms with Crippen molar-refractivity contribution in [1.29, 1.82) is 0 Å². The number of benzene rings is 1. The topological polar surface area (TPSA) is 92.4 Å². The number of carbonyl (C=O) groups excluding carboxylic acids is 1. The molecular formula is C18H22N2O4S. The number of aromatic nitrogens is 1. The first-order valence-electron chi connectivity index (χ1n) is 8.08. The highest BCUT2D eigenvalue weighted by atomic mass is 32.1. The van der Waals surface area contributed by atoms with Crippen LogP contribution in [0.25, 0.3) is 11.3 Å². The highest BCUT2D eigenvalue weighted by Gasteiger charge is 2.18. The molecule has 25 heavy (non-hydrogen) atoms. The molecule has 6 nitrogen and oxygen atoms in total. The van der Waals surface area contributed by atoms with Crippen LogP contribution in [-0.2, 0) is 16.0 Å². The first-order valence-corrected chi connectivity index (χ1v) is 8.72. The number of carboxylic acids is 1. The fraction of sp³-hybridized carbons (Fsp3) is 0.389. The second-order valence-electron chi connectivity index (χ2n) is 6.04. The van der Waals surface area contributed by atoms with Crippen LogP contribution in [0.2, 0.25) is 0 Å². The summed E-state index contributed by atoms with van der Waals surface area (Å²) in [5.41, 5.74) is 2.17. The molecule has 1 unspecified atom stereocenters. The summed E-state index contributed by atoms with van der Waals surface area (Å²) in [5, 5.41) is 11.3. The largest absolute Gasteiger partial charge is 0.480 e. The second-order valence-corrected chi connectivity index (χ2v) is 6.40. The average molecular weight is 362 g/mol. The molecule has 2 rings (SSSR count). The first kappa shape index (κ1) is 19.1. The predicted octanol–water partition coefficient (Wildman–Crippen LogP) is 2.90. The van der Waals surface area contributed by atoms with Gasteiger partial charge in [-0.05, 0) is 11.5 Å². The molecule has 0 saturated carbocycles. The smallest absolute Gasteiger partial charge is 0.327 e. The molecular weight excluding hydrogens is 340 g/mol. The lowest BCUT2D eigenvalue weighted by atomic mass is 10.0. The first-order chi connectivity index (χ1) is 11.9. The van der Waals surface area contributed by atoms with Gasteiger partial charge in [-0.3, -0.25) is 4.79 Å². The van der Waals surface area contributed by atoms with E-state index in [9.17, 15) is 9.59 Å². The van der Waals surface area contributed by atoms with Gasteiger partial charge in [-0.15, -0.1) is 0 Å². The number of hydrogen-bond donors (Lipinski definition) is 3. The monoisotopic (exact) mass is 362 g/mol.